The largest absolute Gasteiger partial charge is 0.0914 e. The van der Waals surface area contributed by atoms with Crippen LogP contribution in [0, 0.1) is 23.2 Å². The summed E-state index contributed by atoms with van der Waals surface area (Å²) in [5.41, 5.74) is 0.570. The minimum atomic E-state index is 0.570. The van der Waals surface area contributed by atoms with Crippen molar-refractivity contribution in [3.8, 4) is 0 Å². The van der Waals surface area contributed by atoms with Crippen LogP contribution in [0.15, 0.2) is 12.2 Å². The van der Waals surface area contributed by atoms with Crippen molar-refractivity contribution < 1.29 is 0 Å². The molecule has 0 bridgehead atoms. The Balaban J connectivity index is 2.60. The zero-order valence-electron chi connectivity index (χ0n) is 8.39. The Morgan fingerprint density at radius 1 is 1.27 bits per heavy atom. The average Bonchev–Trinajstić information content (AvgIpc) is 2.35. The first-order valence-electron chi connectivity index (χ1n) is 4.64. The molecule has 0 amide bonds. The highest BCUT2D eigenvalue weighted by Crippen LogP contribution is 2.62. The van der Waals surface area contributed by atoms with Crippen LogP contribution in [-0.2, 0) is 0 Å². The van der Waals surface area contributed by atoms with Crippen LogP contribution in [0.25, 0.3) is 0 Å². The molecule has 2 unspecified atom stereocenters. The summed E-state index contributed by atoms with van der Waals surface area (Å²) in [6.07, 6.45) is 4.56. The Bertz CT molecular complexity index is 163. The second-order valence-corrected chi connectivity index (χ2v) is 4.64. The van der Waals surface area contributed by atoms with E-state index in [1.54, 1.807) is 0 Å². The van der Waals surface area contributed by atoms with E-state index in [2.05, 4.69) is 46.8 Å². The van der Waals surface area contributed by atoms with Gasteiger partial charge in [-0.25, -0.2) is 0 Å². The van der Waals surface area contributed by atoms with Crippen molar-refractivity contribution in [1.82, 2.24) is 0 Å². The summed E-state index contributed by atoms with van der Waals surface area (Å²) in [6, 6.07) is 0. The molecule has 0 heteroatoms. The SMILES string of the molecule is C/C=C/C1C(C(C)C)C1(C)C. The molecule has 1 aliphatic rings. The lowest BCUT2D eigenvalue weighted by Crippen LogP contribution is -1.96. The van der Waals surface area contributed by atoms with Gasteiger partial charge in [0, 0.05) is 0 Å². The van der Waals surface area contributed by atoms with Crippen LogP contribution in [0.1, 0.15) is 34.6 Å². The van der Waals surface area contributed by atoms with Crippen LogP contribution in [-0.4, -0.2) is 0 Å². The molecule has 64 valence electrons. The van der Waals surface area contributed by atoms with Gasteiger partial charge in [0.2, 0.25) is 0 Å². The molecule has 11 heavy (non-hydrogen) atoms. The summed E-state index contributed by atoms with van der Waals surface area (Å²) >= 11 is 0. The predicted molar refractivity (Wildman–Crippen MR) is 50.4 cm³/mol. The molecule has 1 rings (SSSR count). The van der Waals surface area contributed by atoms with E-state index >= 15 is 0 Å². The van der Waals surface area contributed by atoms with Gasteiger partial charge in [0.25, 0.3) is 0 Å². The average molecular weight is 152 g/mol. The predicted octanol–water partition coefficient (Wildman–Crippen LogP) is 3.49. The van der Waals surface area contributed by atoms with E-state index < -0.39 is 0 Å². The normalized spacial score (nSPS) is 35.1. The van der Waals surface area contributed by atoms with Crippen LogP contribution in [0.3, 0.4) is 0 Å². The Labute approximate surface area is 70.7 Å². The molecular weight excluding hydrogens is 132 g/mol. The van der Waals surface area contributed by atoms with Crippen molar-refractivity contribution in [3.63, 3.8) is 0 Å². The smallest absolute Gasteiger partial charge is 0.0143 e. The lowest BCUT2D eigenvalue weighted by atomic mass is 10.0. The number of hydrogen-bond donors (Lipinski definition) is 0. The molecule has 0 spiro atoms. The van der Waals surface area contributed by atoms with Gasteiger partial charge in [0.1, 0.15) is 0 Å². The number of allylic oxidation sites excluding steroid dienone is 2. The second-order valence-electron chi connectivity index (χ2n) is 4.64. The fourth-order valence-electron chi connectivity index (χ4n) is 2.57. The zero-order chi connectivity index (χ0) is 8.65. The lowest BCUT2D eigenvalue weighted by molar-refractivity contribution is 0.451. The third-order valence-corrected chi connectivity index (χ3v) is 3.11. The molecule has 0 aromatic heterocycles. The highest BCUT2D eigenvalue weighted by molar-refractivity contribution is 5.14. The number of rotatable bonds is 2. The maximum atomic E-state index is 2.38. The van der Waals surface area contributed by atoms with Gasteiger partial charge in [-0.05, 0) is 30.1 Å². The molecule has 2 atom stereocenters. The van der Waals surface area contributed by atoms with E-state index in [1.807, 2.05) is 0 Å². The summed E-state index contributed by atoms with van der Waals surface area (Å²) in [6.45, 7) is 11.5. The molecule has 0 aliphatic heterocycles. The molecule has 0 nitrogen and oxygen atoms in total. The summed E-state index contributed by atoms with van der Waals surface area (Å²) in [4.78, 5) is 0. The molecule has 0 aromatic rings. The molecule has 1 aliphatic carbocycles. The van der Waals surface area contributed by atoms with E-state index in [1.165, 1.54) is 0 Å². The fourth-order valence-corrected chi connectivity index (χ4v) is 2.57. The van der Waals surface area contributed by atoms with E-state index in [0.29, 0.717) is 5.41 Å². The summed E-state index contributed by atoms with van der Waals surface area (Å²) in [7, 11) is 0. The topological polar surface area (TPSA) is 0 Å². The Hall–Kier alpha value is -0.260. The van der Waals surface area contributed by atoms with Crippen molar-refractivity contribution in [3.05, 3.63) is 12.2 Å². The van der Waals surface area contributed by atoms with Crippen LogP contribution in [0.5, 0.6) is 0 Å². The van der Waals surface area contributed by atoms with Crippen molar-refractivity contribution >= 4 is 0 Å². The van der Waals surface area contributed by atoms with E-state index in [4.69, 9.17) is 0 Å². The molecule has 0 aromatic carbocycles. The molecule has 0 radical (unpaired) electrons. The Morgan fingerprint density at radius 3 is 2.09 bits per heavy atom. The van der Waals surface area contributed by atoms with Crippen LogP contribution in [0.2, 0.25) is 0 Å². The molecule has 0 N–H and O–H groups in total. The van der Waals surface area contributed by atoms with Gasteiger partial charge in [-0.3, -0.25) is 0 Å². The van der Waals surface area contributed by atoms with Crippen molar-refractivity contribution in [2.75, 3.05) is 0 Å². The van der Waals surface area contributed by atoms with E-state index in [-0.39, 0.29) is 0 Å². The van der Waals surface area contributed by atoms with Crippen molar-refractivity contribution in [1.29, 1.82) is 0 Å². The first kappa shape index (κ1) is 8.83. The van der Waals surface area contributed by atoms with Crippen LogP contribution < -0.4 is 0 Å². The fraction of sp³-hybridized carbons (Fsp3) is 0.818. The highest BCUT2D eigenvalue weighted by atomic mass is 14.6. The quantitative estimate of drug-likeness (QED) is 0.531. The summed E-state index contributed by atoms with van der Waals surface area (Å²) in [5.74, 6) is 2.59. The van der Waals surface area contributed by atoms with Gasteiger partial charge in [0.05, 0.1) is 0 Å². The van der Waals surface area contributed by atoms with Gasteiger partial charge in [-0.2, -0.15) is 0 Å². The third-order valence-electron chi connectivity index (χ3n) is 3.11. The van der Waals surface area contributed by atoms with Crippen LogP contribution >= 0.6 is 0 Å². The minimum Gasteiger partial charge on any atom is -0.0914 e. The monoisotopic (exact) mass is 152 g/mol. The zero-order valence-corrected chi connectivity index (χ0v) is 8.39. The van der Waals surface area contributed by atoms with Crippen molar-refractivity contribution in [2.45, 2.75) is 34.6 Å². The van der Waals surface area contributed by atoms with Gasteiger partial charge < -0.3 is 0 Å². The maximum absolute atomic E-state index is 2.38. The molecule has 1 fully saturated rings. The second kappa shape index (κ2) is 2.66. The van der Waals surface area contributed by atoms with Gasteiger partial charge in [0.15, 0.2) is 0 Å². The number of hydrogen-bond acceptors (Lipinski definition) is 0. The molecule has 1 saturated carbocycles. The highest BCUT2D eigenvalue weighted by Gasteiger charge is 2.56. The minimum absolute atomic E-state index is 0.570. The molecule has 0 heterocycles. The maximum Gasteiger partial charge on any atom is -0.0143 e. The summed E-state index contributed by atoms with van der Waals surface area (Å²) in [5, 5.41) is 0. The van der Waals surface area contributed by atoms with E-state index in [9.17, 15) is 0 Å². The summed E-state index contributed by atoms with van der Waals surface area (Å²) < 4.78 is 0. The van der Waals surface area contributed by atoms with Gasteiger partial charge in [-0.15, -0.1) is 0 Å². The Morgan fingerprint density at radius 2 is 1.82 bits per heavy atom. The third kappa shape index (κ3) is 1.36. The van der Waals surface area contributed by atoms with E-state index in [0.717, 1.165) is 17.8 Å². The molecular formula is C11H20. The Kier molecular flexibility index (Phi) is 2.13. The molecule has 0 saturated heterocycles. The first-order valence-corrected chi connectivity index (χ1v) is 4.64. The van der Waals surface area contributed by atoms with Crippen LogP contribution in [0.4, 0.5) is 0 Å². The standard InChI is InChI=1S/C11H20/c1-6-7-9-10(8(2)3)11(9,4)5/h6-10H,1-5H3/b7-6+. The van der Waals surface area contributed by atoms with Gasteiger partial charge >= 0.3 is 0 Å². The first-order chi connectivity index (χ1) is 5.01. The van der Waals surface area contributed by atoms with Gasteiger partial charge in [-0.1, -0.05) is 39.8 Å². The van der Waals surface area contributed by atoms with Crippen molar-refractivity contribution in [2.24, 2.45) is 23.2 Å². The lowest BCUT2D eigenvalue weighted by Gasteiger charge is -2.04.